The van der Waals surface area contributed by atoms with Gasteiger partial charge in [-0.3, -0.25) is 4.79 Å². The van der Waals surface area contributed by atoms with Gasteiger partial charge in [-0.2, -0.15) is 0 Å². The maximum Gasteiger partial charge on any atom is 0.252 e. The molecule has 0 spiro atoms. The van der Waals surface area contributed by atoms with Gasteiger partial charge in [-0.05, 0) is 53.6 Å². The smallest absolute Gasteiger partial charge is 0.252 e. The number of rotatable bonds is 2. The van der Waals surface area contributed by atoms with Gasteiger partial charge in [0.05, 0.1) is 10.9 Å². The number of halogens is 3. The van der Waals surface area contributed by atoms with Crippen LogP contribution < -0.4 is 5.32 Å². The van der Waals surface area contributed by atoms with Gasteiger partial charge in [0.2, 0.25) is 0 Å². The van der Waals surface area contributed by atoms with E-state index in [-0.39, 0.29) is 17.3 Å². The van der Waals surface area contributed by atoms with E-state index in [1.165, 1.54) is 6.42 Å². The van der Waals surface area contributed by atoms with Crippen LogP contribution in [0.4, 0.5) is 0 Å². The molecule has 1 amide bonds. The molecule has 1 aromatic rings. The van der Waals surface area contributed by atoms with Crippen molar-refractivity contribution in [2.75, 3.05) is 0 Å². The van der Waals surface area contributed by atoms with E-state index in [4.69, 9.17) is 23.2 Å². The molecule has 1 fully saturated rings. The van der Waals surface area contributed by atoms with Crippen molar-refractivity contribution in [2.45, 2.75) is 43.5 Å². The van der Waals surface area contributed by atoms with Gasteiger partial charge >= 0.3 is 0 Å². The lowest BCUT2D eigenvalue weighted by molar-refractivity contribution is 0.0933. The second-order valence-electron chi connectivity index (χ2n) is 4.86. The van der Waals surface area contributed by atoms with Crippen LogP contribution in [0.3, 0.4) is 0 Å². The van der Waals surface area contributed by atoms with Crippen molar-refractivity contribution >= 4 is 51.7 Å². The molecule has 0 aromatic heterocycles. The van der Waals surface area contributed by atoms with Crippen molar-refractivity contribution in [3.63, 3.8) is 0 Å². The summed E-state index contributed by atoms with van der Waals surface area (Å²) in [4.78, 5) is 12.3. The third kappa shape index (κ3) is 4.23. The van der Waals surface area contributed by atoms with Crippen LogP contribution in [-0.4, -0.2) is 17.3 Å². The molecule has 0 saturated heterocycles. The Bertz CT molecular complexity index is 467. The Balaban J connectivity index is 2.09. The first kappa shape index (κ1) is 15.4. The third-order valence-corrected chi connectivity index (χ3v) is 5.12. The van der Waals surface area contributed by atoms with Crippen LogP contribution in [0.5, 0.6) is 0 Å². The highest BCUT2D eigenvalue weighted by atomic mass is 127. The zero-order chi connectivity index (χ0) is 13.8. The fourth-order valence-corrected chi connectivity index (χ4v) is 3.44. The largest absolute Gasteiger partial charge is 0.348 e. The summed E-state index contributed by atoms with van der Waals surface area (Å²) in [7, 11) is 0. The van der Waals surface area contributed by atoms with E-state index < -0.39 is 0 Å². The molecule has 104 valence electrons. The maximum absolute atomic E-state index is 12.3. The van der Waals surface area contributed by atoms with E-state index >= 15 is 0 Å². The minimum atomic E-state index is -0.0792. The maximum atomic E-state index is 12.3. The second-order valence-corrected chi connectivity index (χ2v) is 7.02. The summed E-state index contributed by atoms with van der Waals surface area (Å²) in [5.74, 6) is -0.0792. The summed E-state index contributed by atoms with van der Waals surface area (Å²) in [5.41, 5.74) is 0.626. The van der Waals surface area contributed by atoms with Gasteiger partial charge in [-0.15, -0.1) is 11.6 Å². The monoisotopic (exact) mass is 411 g/mol. The first-order valence-electron chi connectivity index (χ1n) is 6.48. The van der Waals surface area contributed by atoms with Gasteiger partial charge in [0.15, 0.2) is 0 Å². The number of benzene rings is 1. The van der Waals surface area contributed by atoms with Crippen LogP contribution >= 0.6 is 45.8 Å². The van der Waals surface area contributed by atoms with Crippen molar-refractivity contribution in [3.05, 3.63) is 32.4 Å². The van der Waals surface area contributed by atoms with Crippen LogP contribution in [0.25, 0.3) is 0 Å². The first-order valence-corrected chi connectivity index (χ1v) is 8.37. The normalized spacial score (nSPS) is 23.7. The average molecular weight is 412 g/mol. The zero-order valence-corrected chi connectivity index (χ0v) is 14.1. The van der Waals surface area contributed by atoms with Crippen LogP contribution in [0.1, 0.15) is 42.5 Å². The van der Waals surface area contributed by atoms with Gasteiger partial charge < -0.3 is 5.32 Å². The first-order chi connectivity index (χ1) is 9.08. The van der Waals surface area contributed by atoms with Crippen LogP contribution in [-0.2, 0) is 0 Å². The number of carbonyl (C=O) groups excluding carboxylic acids is 1. The lowest BCUT2D eigenvalue weighted by Gasteiger charge is -2.21. The van der Waals surface area contributed by atoms with E-state index in [2.05, 4.69) is 27.9 Å². The molecule has 0 aliphatic heterocycles. The lowest BCUT2D eigenvalue weighted by atomic mass is 10.1. The number of amides is 1. The van der Waals surface area contributed by atoms with E-state index in [1.807, 2.05) is 6.07 Å². The molecule has 1 N–H and O–H groups in total. The molecule has 1 aliphatic carbocycles. The number of nitrogens with one attached hydrogen (secondary N) is 1. The minimum absolute atomic E-state index is 0.0308. The highest BCUT2D eigenvalue weighted by Crippen LogP contribution is 2.23. The van der Waals surface area contributed by atoms with Crippen LogP contribution in [0.15, 0.2) is 18.2 Å². The molecule has 0 heterocycles. The Morgan fingerprint density at radius 3 is 2.79 bits per heavy atom. The van der Waals surface area contributed by atoms with Gasteiger partial charge in [0.25, 0.3) is 5.91 Å². The van der Waals surface area contributed by atoms with E-state index in [1.54, 1.807) is 12.1 Å². The minimum Gasteiger partial charge on any atom is -0.348 e. The average Bonchev–Trinajstić information content (AvgIpc) is 2.58. The van der Waals surface area contributed by atoms with Gasteiger partial charge in [0, 0.05) is 14.6 Å². The zero-order valence-electron chi connectivity index (χ0n) is 10.5. The molecule has 2 rings (SSSR count). The molecule has 1 saturated carbocycles. The van der Waals surface area contributed by atoms with Crippen molar-refractivity contribution in [1.82, 2.24) is 5.32 Å². The van der Waals surface area contributed by atoms with Gasteiger partial charge in [0.1, 0.15) is 0 Å². The Labute approximate surface area is 137 Å². The summed E-state index contributed by atoms with van der Waals surface area (Å²) >= 11 is 14.4. The Hall–Kier alpha value is -0.000000000000000111. The highest BCUT2D eigenvalue weighted by molar-refractivity contribution is 14.1. The van der Waals surface area contributed by atoms with E-state index in [0.717, 1.165) is 29.3 Å². The molecule has 1 aromatic carbocycles. The van der Waals surface area contributed by atoms with Crippen LogP contribution in [0.2, 0.25) is 5.02 Å². The summed E-state index contributed by atoms with van der Waals surface area (Å²) in [6.45, 7) is 0. The van der Waals surface area contributed by atoms with E-state index in [9.17, 15) is 4.79 Å². The molecular formula is C14H16Cl2INO. The van der Waals surface area contributed by atoms with Gasteiger partial charge in [-0.25, -0.2) is 0 Å². The topological polar surface area (TPSA) is 29.1 Å². The number of hydrogen-bond donors (Lipinski definition) is 1. The lowest BCUT2D eigenvalue weighted by Crippen LogP contribution is -2.40. The molecule has 0 bridgehead atoms. The molecule has 2 atom stereocenters. The van der Waals surface area contributed by atoms with E-state index in [0.29, 0.717) is 10.6 Å². The number of hydrogen-bond acceptors (Lipinski definition) is 1. The number of carbonyl (C=O) groups is 1. The predicted molar refractivity (Wildman–Crippen MR) is 88.1 cm³/mol. The predicted octanol–water partition coefficient (Wildman–Crippen LogP) is 4.61. The molecule has 2 unspecified atom stereocenters. The number of alkyl halides is 1. The highest BCUT2D eigenvalue weighted by Gasteiger charge is 2.24. The fraction of sp³-hybridized carbons (Fsp3) is 0.500. The summed E-state index contributed by atoms with van der Waals surface area (Å²) in [6, 6.07) is 5.41. The Morgan fingerprint density at radius 2 is 2.00 bits per heavy atom. The van der Waals surface area contributed by atoms with Crippen molar-refractivity contribution in [2.24, 2.45) is 0 Å². The molecule has 5 heteroatoms. The van der Waals surface area contributed by atoms with Crippen molar-refractivity contribution in [3.8, 4) is 0 Å². The summed E-state index contributed by atoms with van der Waals surface area (Å²) in [5, 5.41) is 3.67. The molecule has 0 radical (unpaired) electrons. The second kappa shape index (κ2) is 7.14. The van der Waals surface area contributed by atoms with Crippen molar-refractivity contribution < 1.29 is 4.79 Å². The molecule has 2 nitrogen and oxygen atoms in total. The molecule has 19 heavy (non-hydrogen) atoms. The summed E-state index contributed by atoms with van der Waals surface area (Å²) in [6.07, 6.45) is 5.40. The fourth-order valence-electron chi connectivity index (χ4n) is 2.34. The third-order valence-electron chi connectivity index (χ3n) is 3.42. The molecular weight excluding hydrogens is 396 g/mol. The van der Waals surface area contributed by atoms with Gasteiger partial charge in [-0.1, -0.05) is 30.9 Å². The Kier molecular flexibility index (Phi) is 5.78. The van der Waals surface area contributed by atoms with Crippen LogP contribution in [0, 0.1) is 3.57 Å². The molecule has 1 aliphatic rings. The van der Waals surface area contributed by atoms with Crippen molar-refractivity contribution in [1.29, 1.82) is 0 Å². The standard InChI is InChI=1S/C14H16Cl2INO/c15-9-6-7-12(17)10(8-9)14(19)18-13-5-3-1-2-4-11(13)16/h6-8,11,13H,1-5H2,(H,18,19). The summed E-state index contributed by atoms with van der Waals surface area (Å²) < 4.78 is 0.902. The Morgan fingerprint density at radius 1 is 1.26 bits per heavy atom. The SMILES string of the molecule is O=C(NC1CCCCCC1Cl)c1cc(Cl)ccc1I. The quantitative estimate of drug-likeness (QED) is 0.429.